The predicted molar refractivity (Wildman–Crippen MR) is 148 cm³/mol. The largest absolute Gasteiger partial charge is 0.491 e. The number of nitrogens with two attached hydrogens (primary N) is 1. The zero-order valence-electron chi connectivity index (χ0n) is 22.4. The van der Waals surface area contributed by atoms with E-state index >= 15 is 0 Å². The van der Waals surface area contributed by atoms with Gasteiger partial charge in [0.05, 0.1) is 13.5 Å². The topological polar surface area (TPSA) is 192 Å². The smallest absolute Gasteiger partial charge is 0.305 e. The van der Waals surface area contributed by atoms with E-state index in [1.807, 2.05) is 30.3 Å². The number of hydrogen-bond donors (Lipinski definition) is 4. The van der Waals surface area contributed by atoms with Crippen LogP contribution in [0, 0.1) is 0 Å². The summed E-state index contributed by atoms with van der Waals surface area (Å²) in [4.78, 5) is 46.0. The Balaban J connectivity index is 0.00000462. The minimum atomic E-state index is -1.38. The molecular formula is C27H33ClN6O7. The maximum atomic E-state index is 13.3. The molecule has 13 nitrogen and oxygen atoms in total. The third kappa shape index (κ3) is 9.15. The molecule has 0 spiro atoms. The Labute approximate surface area is 242 Å². The second-order valence-corrected chi connectivity index (χ2v) is 9.44. The Kier molecular flexibility index (Phi) is 11.4. The van der Waals surface area contributed by atoms with Crippen LogP contribution in [-0.4, -0.2) is 70.4 Å². The number of rotatable bonds is 15. The van der Waals surface area contributed by atoms with E-state index in [9.17, 15) is 19.5 Å². The number of carboxylic acid groups (broad SMARTS) is 1. The summed E-state index contributed by atoms with van der Waals surface area (Å²) in [7, 11) is 1.33. The van der Waals surface area contributed by atoms with Crippen LogP contribution in [0.25, 0.3) is 0 Å². The molecule has 220 valence electrons. The number of benzene rings is 1. The first-order chi connectivity index (χ1) is 19.3. The van der Waals surface area contributed by atoms with Crippen LogP contribution in [-0.2, 0) is 22.4 Å². The summed E-state index contributed by atoms with van der Waals surface area (Å²) in [5.41, 5.74) is 7.18. The van der Waals surface area contributed by atoms with E-state index in [0.717, 1.165) is 18.4 Å². The summed E-state index contributed by atoms with van der Waals surface area (Å²) >= 11 is 0. The third-order valence-corrected chi connectivity index (χ3v) is 6.16. The monoisotopic (exact) mass is 588 g/mol. The summed E-state index contributed by atoms with van der Waals surface area (Å²) in [6.45, 7) is 0.195. The number of carbonyl (C=O) groups is 3. The Bertz CT molecular complexity index is 1320. The average Bonchev–Trinajstić information content (AvgIpc) is 3.69. The lowest BCUT2D eigenvalue weighted by Gasteiger charge is -2.20. The number of nitrogens with one attached hydrogen (secondary N) is 2. The molecule has 0 bridgehead atoms. The van der Waals surface area contributed by atoms with Crippen LogP contribution in [0.1, 0.15) is 52.8 Å². The zero-order chi connectivity index (χ0) is 28.5. The molecule has 2 aromatic heterocycles. The molecule has 0 aliphatic heterocycles. The van der Waals surface area contributed by atoms with Crippen molar-refractivity contribution in [1.82, 2.24) is 25.8 Å². The highest BCUT2D eigenvalue weighted by molar-refractivity contribution is 6.02. The average molecular weight is 589 g/mol. The number of methoxy groups -OCH3 is 1. The molecule has 2 heterocycles. The number of carboxylic acids is 1. The first-order valence-electron chi connectivity index (χ1n) is 12.9. The normalized spacial score (nSPS) is 13.8. The van der Waals surface area contributed by atoms with Crippen molar-refractivity contribution in [1.29, 1.82) is 0 Å². The fraction of sp³-hybridized carbons (Fsp3) is 0.407. The van der Waals surface area contributed by atoms with E-state index < -0.39 is 30.2 Å². The van der Waals surface area contributed by atoms with Crippen LogP contribution < -0.4 is 25.8 Å². The Morgan fingerprint density at radius 2 is 1.95 bits per heavy atom. The lowest BCUT2D eigenvalue weighted by Crippen LogP contribution is -2.48. The van der Waals surface area contributed by atoms with E-state index in [2.05, 4.69) is 25.8 Å². The van der Waals surface area contributed by atoms with Gasteiger partial charge in [0.25, 0.3) is 5.91 Å². The van der Waals surface area contributed by atoms with Crippen molar-refractivity contribution in [2.45, 2.75) is 50.1 Å². The summed E-state index contributed by atoms with van der Waals surface area (Å²) in [6.07, 6.45) is 3.63. The predicted octanol–water partition coefficient (Wildman–Crippen LogP) is 1.65. The van der Waals surface area contributed by atoms with Gasteiger partial charge in [-0.15, -0.1) is 12.4 Å². The van der Waals surface area contributed by atoms with Crippen LogP contribution >= 0.6 is 12.4 Å². The highest BCUT2D eigenvalue weighted by Gasteiger charge is 2.30. The number of aliphatic carboxylic acids is 1. The Hall–Kier alpha value is -4.23. The molecule has 41 heavy (non-hydrogen) atoms. The molecule has 5 N–H and O–H groups in total. The molecule has 1 saturated carbocycles. The Morgan fingerprint density at radius 3 is 2.63 bits per heavy atom. The lowest BCUT2D eigenvalue weighted by molar-refractivity contribution is -0.139. The quantitative estimate of drug-likeness (QED) is 0.202. The number of pyridine rings is 1. The highest BCUT2D eigenvalue weighted by atomic mass is 35.5. The molecule has 2 amide bonds. The standard InChI is InChI=1S/C27H32N6O7.ClH/c1-38-27-23(20(9-11-30-27)39-15-18(28)13-16-5-3-2-4-6-16)26(37)31-19(14-22(34)35)25(36)29-12-10-21-32-24(33-40-21)17-7-8-17;/h2-6,9,11,17-19H,7-8,10,12-15,28H2,1H3,(H,29,36)(H,31,37)(H,34,35);1H/t18-,19+;/m1./s1. The number of hydrogen-bond acceptors (Lipinski definition) is 10. The van der Waals surface area contributed by atoms with Gasteiger partial charge in [-0.2, -0.15) is 4.98 Å². The number of carbonyl (C=O) groups excluding carboxylic acids is 2. The maximum absolute atomic E-state index is 13.3. The fourth-order valence-electron chi connectivity index (χ4n) is 3.99. The highest BCUT2D eigenvalue weighted by Crippen LogP contribution is 2.38. The van der Waals surface area contributed by atoms with Crippen molar-refractivity contribution in [2.24, 2.45) is 5.73 Å². The second-order valence-electron chi connectivity index (χ2n) is 9.44. The van der Waals surface area contributed by atoms with E-state index in [4.69, 9.17) is 19.7 Å². The van der Waals surface area contributed by atoms with E-state index in [1.54, 1.807) is 0 Å². The van der Waals surface area contributed by atoms with Crippen molar-refractivity contribution in [3.05, 3.63) is 65.4 Å². The number of halogens is 1. The SMILES string of the molecule is COc1nccc(OC[C@H](N)Cc2ccccc2)c1C(=O)N[C@@H](CC(=O)O)C(=O)NCCc1nc(C2CC2)no1.Cl. The Morgan fingerprint density at radius 1 is 1.20 bits per heavy atom. The first kappa shape index (κ1) is 31.3. The van der Waals surface area contributed by atoms with Crippen molar-refractivity contribution < 1.29 is 33.5 Å². The molecule has 1 fully saturated rings. The van der Waals surface area contributed by atoms with Crippen LogP contribution in [0.5, 0.6) is 11.6 Å². The van der Waals surface area contributed by atoms with Crippen LogP contribution in [0.4, 0.5) is 0 Å². The molecule has 0 radical (unpaired) electrons. The van der Waals surface area contributed by atoms with Gasteiger partial charge in [-0.3, -0.25) is 14.4 Å². The van der Waals surface area contributed by atoms with Gasteiger partial charge < -0.3 is 35.5 Å². The van der Waals surface area contributed by atoms with Gasteiger partial charge in [0.15, 0.2) is 5.82 Å². The number of amides is 2. The number of nitrogens with zero attached hydrogens (tertiary/aromatic N) is 3. The molecule has 1 aromatic carbocycles. The molecule has 2 atom stereocenters. The van der Waals surface area contributed by atoms with Crippen molar-refractivity contribution >= 4 is 30.2 Å². The van der Waals surface area contributed by atoms with Gasteiger partial charge in [-0.1, -0.05) is 35.5 Å². The summed E-state index contributed by atoms with van der Waals surface area (Å²) in [6, 6.07) is 9.37. The minimum Gasteiger partial charge on any atom is -0.491 e. The summed E-state index contributed by atoms with van der Waals surface area (Å²) in [5.74, 6) is -1.31. The maximum Gasteiger partial charge on any atom is 0.305 e. The van der Waals surface area contributed by atoms with E-state index in [1.165, 1.54) is 19.4 Å². The third-order valence-electron chi connectivity index (χ3n) is 6.16. The van der Waals surface area contributed by atoms with Gasteiger partial charge in [-0.05, 0) is 30.9 Å². The summed E-state index contributed by atoms with van der Waals surface area (Å²) in [5, 5.41) is 18.4. The number of ether oxygens (including phenoxy) is 2. The van der Waals surface area contributed by atoms with Gasteiger partial charge in [0.1, 0.15) is 24.0 Å². The molecule has 0 unspecified atom stereocenters. The summed E-state index contributed by atoms with van der Waals surface area (Å²) < 4.78 is 16.3. The molecule has 3 aromatic rings. The molecule has 1 aliphatic carbocycles. The molecule has 0 saturated heterocycles. The second kappa shape index (κ2) is 15.0. The van der Waals surface area contributed by atoms with Crippen LogP contribution in [0.15, 0.2) is 47.1 Å². The van der Waals surface area contributed by atoms with Crippen LogP contribution in [0.3, 0.4) is 0 Å². The fourth-order valence-corrected chi connectivity index (χ4v) is 3.99. The minimum absolute atomic E-state index is 0. The molecule has 1 aliphatic rings. The van der Waals surface area contributed by atoms with Crippen molar-refractivity contribution in [2.75, 3.05) is 20.3 Å². The van der Waals surface area contributed by atoms with Crippen molar-refractivity contribution in [3.8, 4) is 11.6 Å². The van der Waals surface area contributed by atoms with Gasteiger partial charge in [-0.25, -0.2) is 4.98 Å². The zero-order valence-corrected chi connectivity index (χ0v) is 23.3. The van der Waals surface area contributed by atoms with Gasteiger partial charge in [0.2, 0.25) is 17.7 Å². The van der Waals surface area contributed by atoms with Gasteiger partial charge in [0, 0.05) is 31.1 Å². The van der Waals surface area contributed by atoms with E-state index in [0.29, 0.717) is 24.1 Å². The molecule has 4 rings (SSSR count). The number of aromatic nitrogens is 3. The first-order valence-corrected chi connectivity index (χ1v) is 12.9. The van der Waals surface area contributed by atoms with Crippen molar-refractivity contribution in [3.63, 3.8) is 0 Å². The van der Waals surface area contributed by atoms with Gasteiger partial charge >= 0.3 is 5.97 Å². The van der Waals surface area contributed by atoms with E-state index in [-0.39, 0.29) is 55.2 Å². The van der Waals surface area contributed by atoms with Crippen LogP contribution in [0.2, 0.25) is 0 Å². The molecular weight excluding hydrogens is 556 g/mol. The lowest BCUT2D eigenvalue weighted by atomic mass is 10.1. The molecule has 14 heteroatoms.